The van der Waals surface area contributed by atoms with Crippen LogP contribution >= 0.6 is 0 Å². The van der Waals surface area contributed by atoms with Gasteiger partial charge in [0.1, 0.15) is 0 Å². The van der Waals surface area contributed by atoms with Gasteiger partial charge in [-0.2, -0.15) is 0 Å². The molecule has 35 heavy (non-hydrogen) atoms. The van der Waals surface area contributed by atoms with Crippen molar-refractivity contribution in [2.75, 3.05) is 0 Å². The first-order valence-electron chi connectivity index (χ1n) is 11.2. The minimum atomic E-state index is 0.116. The molecule has 0 fully saturated rings. The molecule has 0 aliphatic carbocycles. The van der Waals surface area contributed by atoms with Gasteiger partial charge in [0.2, 0.25) is 0 Å². The number of fused-ring (bicyclic) bond motifs is 3. The first-order chi connectivity index (χ1) is 17.3. The summed E-state index contributed by atoms with van der Waals surface area (Å²) in [7, 11) is 0. The van der Waals surface area contributed by atoms with Crippen molar-refractivity contribution in [3.63, 3.8) is 0 Å². The molecule has 0 atom stereocenters. The van der Waals surface area contributed by atoms with Crippen LogP contribution in [0.25, 0.3) is 21.8 Å². The average molecular weight is 582 g/mol. The summed E-state index contributed by atoms with van der Waals surface area (Å²) in [4.78, 5) is 9.52. The SMILES string of the molecule is c1ccc([Se]c2cccc([Se]c3ccccc3)c2Oc2ccc3ccc4cccnc4c3n2)cc1. The Bertz CT molecular complexity index is 1560. The first kappa shape index (κ1) is 22.0. The van der Waals surface area contributed by atoms with Gasteiger partial charge in [-0.15, -0.1) is 0 Å². The number of hydrogen-bond donors (Lipinski definition) is 0. The molecule has 0 radical (unpaired) electrons. The number of pyridine rings is 2. The summed E-state index contributed by atoms with van der Waals surface area (Å²) in [5, 5.41) is 2.13. The van der Waals surface area contributed by atoms with Crippen LogP contribution < -0.4 is 22.6 Å². The normalized spacial score (nSPS) is 11.1. The van der Waals surface area contributed by atoms with Crippen LogP contribution in [-0.4, -0.2) is 39.9 Å². The molecular formula is C30H20N2OSe2. The van der Waals surface area contributed by atoms with E-state index in [0.29, 0.717) is 5.88 Å². The van der Waals surface area contributed by atoms with Crippen LogP contribution in [0.1, 0.15) is 0 Å². The Morgan fingerprint density at radius 1 is 0.514 bits per heavy atom. The number of rotatable bonds is 6. The summed E-state index contributed by atoms with van der Waals surface area (Å²) in [6.45, 7) is 0. The van der Waals surface area contributed by atoms with Crippen molar-refractivity contribution in [2.45, 2.75) is 0 Å². The van der Waals surface area contributed by atoms with E-state index in [1.807, 2.05) is 18.3 Å². The van der Waals surface area contributed by atoms with Crippen molar-refractivity contribution in [2.24, 2.45) is 0 Å². The van der Waals surface area contributed by atoms with E-state index in [1.165, 1.54) is 17.8 Å². The maximum absolute atomic E-state index is 6.63. The molecule has 0 saturated heterocycles. The predicted molar refractivity (Wildman–Crippen MR) is 146 cm³/mol. The molecule has 0 amide bonds. The Hall–Kier alpha value is -3.46. The maximum atomic E-state index is 6.63. The molecule has 168 valence electrons. The topological polar surface area (TPSA) is 35.0 Å². The first-order valence-corrected chi connectivity index (χ1v) is 14.7. The van der Waals surface area contributed by atoms with Gasteiger partial charge in [0.25, 0.3) is 0 Å². The molecule has 2 aromatic heterocycles. The van der Waals surface area contributed by atoms with Crippen LogP contribution in [0.3, 0.4) is 0 Å². The molecule has 2 heterocycles. The van der Waals surface area contributed by atoms with Crippen molar-refractivity contribution < 1.29 is 4.74 Å². The third-order valence-electron chi connectivity index (χ3n) is 5.50. The van der Waals surface area contributed by atoms with Crippen molar-refractivity contribution in [3.8, 4) is 11.6 Å². The zero-order valence-electron chi connectivity index (χ0n) is 18.7. The molecule has 0 saturated carbocycles. The Kier molecular flexibility index (Phi) is 6.31. The van der Waals surface area contributed by atoms with E-state index in [0.717, 1.165) is 27.6 Å². The second-order valence-corrected chi connectivity index (χ2v) is 12.6. The van der Waals surface area contributed by atoms with E-state index in [9.17, 15) is 0 Å². The zero-order valence-corrected chi connectivity index (χ0v) is 22.1. The van der Waals surface area contributed by atoms with Gasteiger partial charge in [-0.05, 0) is 0 Å². The van der Waals surface area contributed by atoms with Crippen LogP contribution in [0.15, 0.2) is 121 Å². The molecule has 0 bridgehead atoms. The second-order valence-electron chi connectivity index (χ2n) is 7.88. The standard InChI is InChI=1S/C30H20N2OSe2/c1-3-10-23(11-4-1)34-25-14-7-15-26(35-24-12-5-2-6-13-24)30(25)33-27-19-18-22-17-16-21-9-8-20-31-28(21)29(22)32-27/h1-20H. The van der Waals surface area contributed by atoms with Crippen LogP contribution in [0.4, 0.5) is 0 Å². The summed E-state index contributed by atoms with van der Waals surface area (Å²) < 4.78 is 11.7. The number of nitrogens with zero attached hydrogens (tertiary/aromatic N) is 2. The second kappa shape index (κ2) is 10.0. The number of para-hydroxylation sites is 1. The number of hydrogen-bond acceptors (Lipinski definition) is 3. The van der Waals surface area contributed by atoms with E-state index in [1.54, 1.807) is 0 Å². The predicted octanol–water partition coefficient (Wildman–Crippen LogP) is 3.89. The third kappa shape index (κ3) is 4.86. The van der Waals surface area contributed by atoms with Gasteiger partial charge < -0.3 is 0 Å². The number of aromatic nitrogens is 2. The van der Waals surface area contributed by atoms with Crippen LogP contribution in [0.2, 0.25) is 0 Å². The molecular weight excluding hydrogens is 562 g/mol. The fourth-order valence-electron chi connectivity index (χ4n) is 3.86. The molecule has 5 heteroatoms. The molecule has 4 aromatic carbocycles. The molecule has 6 rings (SSSR count). The molecule has 6 aromatic rings. The Morgan fingerprint density at radius 2 is 1.11 bits per heavy atom. The summed E-state index contributed by atoms with van der Waals surface area (Å²) in [6, 6.07) is 40.0. The molecule has 0 N–H and O–H groups in total. The summed E-state index contributed by atoms with van der Waals surface area (Å²) in [5.41, 5.74) is 1.76. The van der Waals surface area contributed by atoms with Gasteiger partial charge in [-0.3, -0.25) is 0 Å². The summed E-state index contributed by atoms with van der Waals surface area (Å²) in [6.07, 6.45) is 1.81. The number of ether oxygens (including phenoxy) is 1. The fraction of sp³-hybridized carbons (Fsp3) is 0. The average Bonchev–Trinajstić information content (AvgIpc) is 2.91. The van der Waals surface area contributed by atoms with Gasteiger partial charge in [0.05, 0.1) is 0 Å². The van der Waals surface area contributed by atoms with Crippen molar-refractivity contribution in [1.82, 2.24) is 9.97 Å². The molecule has 3 nitrogen and oxygen atoms in total. The summed E-state index contributed by atoms with van der Waals surface area (Å²) in [5.74, 6) is 1.53. The van der Waals surface area contributed by atoms with Gasteiger partial charge in [0, 0.05) is 0 Å². The van der Waals surface area contributed by atoms with Crippen molar-refractivity contribution >= 4 is 69.6 Å². The van der Waals surface area contributed by atoms with Gasteiger partial charge in [-0.25, -0.2) is 0 Å². The fourth-order valence-corrected chi connectivity index (χ4v) is 8.12. The molecule has 0 aliphatic heterocycles. The van der Waals surface area contributed by atoms with Crippen LogP contribution in [0.5, 0.6) is 11.6 Å². The van der Waals surface area contributed by atoms with E-state index >= 15 is 0 Å². The van der Waals surface area contributed by atoms with E-state index in [2.05, 4.69) is 108 Å². The minimum absolute atomic E-state index is 0.116. The van der Waals surface area contributed by atoms with Crippen molar-refractivity contribution in [1.29, 1.82) is 0 Å². The number of benzene rings is 4. The van der Waals surface area contributed by atoms with Crippen LogP contribution in [0, 0.1) is 0 Å². The zero-order chi connectivity index (χ0) is 23.5. The Balaban J connectivity index is 1.44. The van der Waals surface area contributed by atoms with Gasteiger partial charge in [-0.1, -0.05) is 0 Å². The van der Waals surface area contributed by atoms with Gasteiger partial charge >= 0.3 is 217 Å². The quantitative estimate of drug-likeness (QED) is 0.221. The van der Waals surface area contributed by atoms with E-state index in [4.69, 9.17) is 9.72 Å². The summed E-state index contributed by atoms with van der Waals surface area (Å²) >= 11 is 0.231. The van der Waals surface area contributed by atoms with Crippen molar-refractivity contribution in [3.05, 3.63) is 121 Å². The van der Waals surface area contributed by atoms with E-state index < -0.39 is 0 Å². The third-order valence-corrected chi connectivity index (χ3v) is 9.90. The monoisotopic (exact) mass is 584 g/mol. The molecule has 0 spiro atoms. The Labute approximate surface area is 216 Å². The molecule has 0 unspecified atom stereocenters. The van der Waals surface area contributed by atoms with E-state index in [-0.39, 0.29) is 29.9 Å². The Morgan fingerprint density at radius 3 is 1.77 bits per heavy atom. The molecule has 0 aliphatic rings. The van der Waals surface area contributed by atoms with Crippen LogP contribution in [-0.2, 0) is 0 Å². The van der Waals surface area contributed by atoms with Gasteiger partial charge in [0.15, 0.2) is 0 Å².